The SMILES string of the molecule is O=C(O)c1cc(Br)cc(Sc2ncns2)c1. The molecule has 2 aromatic rings. The number of carboxylic acid groups (broad SMARTS) is 1. The minimum Gasteiger partial charge on any atom is -0.478 e. The van der Waals surface area contributed by atoms with E-state index in [4.69, 9.17) is 5.11 Å². The summed E-state index contributed by atoms with van der Waals surface area (Å²) in [6.07, 6.45) is 1.48. The maximum atomic E-state index is 10.9. The van der Waals surface area contributed by atoms with E-state index in [0.29, 0.717) is 0 Å². The van der Waals surface area contributed by atoms with Crippen LogP contribution in [0.4, 0.5) is 0 Å². The van der Waals surface area contributed by atoms with Crippen molar-refractivity contribution < 1.29 is 9.90 Å². The van der Waals surface area contributed by atoms with E-state index in [9.17, 15) is 4.79 Å². The van der Waals surface area contributed by atoms with E-state index in [0.717, 1.165) is 13.7 Å². The quantitative estimate of drug-likeness (QED) is 0.942. The van der Waals surface area contributed by atoms with Crippen molar-refractivity contribution >= 4 is 45.2 Å². The molecule has 0 saturated carbocycles. The molecule has 0 spiro atoms. The molecule has 0 saturated heterocycles. The largest absolute Gasteiger partial charge is 0.478 e. The van der Waals surface area contributed by atoms with Crippen molar-refractivity contribution in [3.63, 3.8) is 0 Å². The number of aromatic nitrogens is 2. The smallest absolute Gasteiger partial charge is 0.335 e. The first-order valence-corrected chi connectivity index (χ1v) is 6.52. The molecule has 0 bridgehead atoms. The topological polar surface area (TPSA) is 63.1 Å². The molecule has 0 radical (unpaired) electrons. The molecule has 2 rings (SSSR count). The van der Waals surface area contributed by atoms with E-state index < -0.39 is 5.97 Å². The second-order valence-electron chi connectivity index (χ2n) is 2.79. The van der Waals surface area contributed by atoms with E-state index in [1.165, 1.54) is 29.6 Å². The molecule has 1 N–H and O–H groups in total. The average molecular weight is 317 g/mol. The highest BCUT2D eigenvalue weighted by Gasteiger charge is 2.08. The van der Waals surface area contributed by atoms with Gasteiger partial charge in [-0.25, -0.2) is 9.78 Å². The Labute approximate surface area is 108 Å². The molecule has 0 aliphatic heterocycles. The Balaban J connectivity index is 2.31. The van der Waals surface area contributed by atoms with Gasteiger partial charge < -0.3 is 5.11 Å². The van der Waals surface area contributed by atoms with Crippen molar-refractivity contribution in [2.75, 3.05) is 0 Å². The van der Waals surface area contributed by atoms with Crippen LogP contribution in [0, 0.1) is 0 Å². The van der Waals surface area contributed by atoms with Crippen LogP contribution in [0.5, 0.6) is 0 Å². The molecule has 1 aromatic heterocycles. The van der Waals surface area contributed by atoms with Crippen molar-refractivity contribution in [2.24, 2.45) is 0 Å². The number of rotatable bonds is 3. The summed E-state index contributed by atoms with van der Waals surface area (Å²) in [5.41, 5.74) is 0.251. The number of carboxylic acids is 1. The normalized spacial score (nSPS) is 10.3. The summed E-state index contributed by atoms with van der Waals surface area (Å²) in [7, 11) is 0. The summed E-state index contributed by atoms with van der Waals surface area (Å²) >= 11 is 5.94. The van der Waals surface area contributed by atoms with E-state index in [1.807, 2.05) is 6.07 Å². The highest BCUT2D eigenvalue weighted by molar-refractivity contribution is 9.10. The third-order valence-electron chi connectivity index (χ3n) is 1.66. The molecule has 0 aliphatic carbocycles. The molecule has 0 unspecified atom stereocenters. The monoisotopic (exact) mass is 316 g/mol. The molecule has 1 heterocycles. The summed E-state index contributed by atoms with van der Waals surface area (Å²) < 4.78 is 5.40. The highest BCUT2D eigenvalue weighted by atomic mass is 79.9. The highest BCUT2D eigenvalue weighted by Crippen LogP contribution is 2.31. The first-order chi connectivity index (χ1) is 7.65. The van der Waals surface area contributed by atoms with Crippen LogP contribution >= 0.6 is 39.2 Å². The molecular formula is C9H5BrN2O2S2. The fourth-order valence-corrected chi connectivity index (χ4v) is 3.22. The predicted octanol–water partition coefficient (Wildman–Crippen LogP) is 3.15. The van der Waals surface area contributed by atoms with Gasteiger partial charge in [-0.2, -0.15) is 4.37 Å². The lowest BCUT2D eigenvalue weighted by molar-refractivity contribution is 0.0696. The van der Waals surface area contributed by atoms with Crippen LogP contribution in [-0.2, 0) is 0 Å². The zero-order chi connectivity index (χ0) is 11.5. The summed E-state index contributed by atoms with van der Waals surface area (Å²) in [5.74, 6) is -0.944. The molecule has 0 fully saturated rings. The van der Waals surface area contributed by atoms with Crippen molar-refractivity contribution in [3.05, 3.63) is 34.6 Å². The van der Waals surface area contributed by atoms with Gasteiger partial charge in [0, 0.05) is 9.37 Å². The Morgan fingerprint density at radius 1 is 1.44 bits per heavy atom. The number of halogens is 1. The number of carbonyl (C=O) groups is 1. The summed E-state index contributed by atoms with van der Waals surface area (Å²) in [6.45, 7) is 0. The average Bonchev–Trinajstić information content (AvgIpc) is 2.69. The Hall–Kier alpha value is -0.920. The summed E-state index contributed by atoms with van der Waals surface area (Å²) in [4.78, 5) is 15.7. The van der Waals surface area contributed by atoms with Crippen molar-refractivity contribution in [2.45, 2.75) is 9.24 Å². The van der Waals surface area contributed by atoms with Gasteiger partial charge in [0.2, 0.25) is 0 Å². The lowest BCUT2D eigenvalue weighted by Crippen LogP contribution is -1.95. The molecule has 4 nitrogen and oxygen atoms in total. The lowest BCUT2D eigenvalue weighted by atomic mass is 10.2. The third-order valence-corrected chi connectivity index (χ3v) is 3.81. The van der Waals surface area contributed by atoms with Gasteiger partial charge in [-0.05, 0) is 29.7 Å². The molecule has 16 heavy (non-hydrogen) atoms. The third kappa shape index (κ3) is 2.81. The van der Waals surface area contributed by atoms with Crippen LogP contribution < -0.4 is 0 Å². The van der Waals surface area contributed by atoms with E-state index in [-0.39, 0.29) is 5.56 Å². The zero-order valence-corrected chi connectivity index (χ0v) is 11.0. The molecule has 0 atom stereocenters. The Morgan fingerprint density at radius 3 is 2.88 bits per heavy atom. The van der Waals surface area contributed by atoms with Crippen LogP contribution in [0.3, 0.4) is 0 Å². The second-order valence-corrected chi connectivity index (χ2v) is 5.81. The Kier molecular flexibility index (Phi) is 3.57. The minimum absolute atomic E-state index is 0.251. The molecular weight excluding hydrogens is 312 g/mol. The lowest BCUT2D eigenvalue weighted by Gasteiger charge is -2.01. The Morgan fingerprint density at radius 2 is 2.25 bits per heavy atom. The fraction of sp³-hybridized carbons (Fsp3) is 0. The van der Waals surface area contributed by atoms with Gasteiger partial charge in [0.25, 0.3) is 0 Å². The van der Waals surface area contributed by atoms with Gasteiger partial charge in [0.15, 0.2) is 4.34 Å². The first-order valence-electron chi connectivity index (χ1n) is 4.13. The summed E-state index contributed by atoms with van der Waals surface area (Å²) in [6, 6.07) is 5.02. The second kappa shape index (κ2) is 4.94. The number of hydrogen-bond acceptors (Lipinski definition) is 5. The fourth-order valence-electron chi connectivity index (χ4n) is 1.05. The standard InChI is InChI=1S/C9H5BrN2O2S2/c10-6-1-5(8(13)14)2-7(3-6)15-9-11-4-12-16-9/h1-4H,(H,13,14). The van der Waals surface area contributed by atoms with Crippen LogP contribution in [0.25, 0.3) is 0 Å². The van der Waals surface area contributed by atoms with Gasteiger partial charge in [-0.15, -0.1) is 0 Å². The number of nitrogens with zero attached hydrogens (tertiary/aromatic N) is 2. The van der Waals surface area contributed by atoms with E-state index in [1.54, 1.807) is 12.1 Å². The Bertz CT molecular complexity index is 516. The van der Waals surface area contributed by atoms with Gasteiger partial charge in [0.05, 0.1) is 5.56 Å². The summed E-state index contributed by atoms with van der Waals surface area (Å²) in [5, 5.41) is 8.90. The van der Waals surface area contributed by atoms with Gasteiger partial charge in [-0.1, -0.05) is 27.7 Å². The molecule has 7 heteroatoms. The molecule has 82 valence electrons. The van der Waals surface area contributed by atoms with Crippen LogP contribution in [-0.4, -0.2) is 20.4 Å². The zero-order valence-electron chi connectivity index (χ0n) is 7.75. The first kappa shape index (κ1) is 11.6. The van der Waals surface area contributed by atoms with Crippen molar-refractivity contribution in [1.82, 2.24) is 9.36 Å². The number of aromatic carboxylic acids is 1. The van der Waals surface area contributed by atoms with Crippen LogP contribution in [0.15, 0.2) is 38.2 Å². The minimum atomic E-state index is -0.944. The van der Waals surface area contributed by atoms with Gasteiger partial charge >= 0.3 is 5.97 Å². The van der Waals surface area contributed by atoms with Crippen molar-refractivity contribution in [1.29, 1.82) is 0 Å². The van der Waals surface area contributed by atoms with E-state index >= 15 is 0 Å². The molecule has 1 aromatic carbocycles. The van der Waals surface area contributed by atoms with Gasteiger partial charge in [-0.3, -0.25) is 0 Å². The number of benzene rings is 1. The maximum Gasteiger partial charge on any atom is 0.335 e. The van der Waals surface area contributed by atoms with E-state index in [2.05, 4.69) is 25.3 Å². The molecule has 0 amide bonds. The van der Waals surface area contributed by atoms with Crippen LogP contribution in [0.1, 0.15) is 10.4 Å². The van der Waals surface area contributed by atoms with Crippen LogP contribution in [0.2, 0.25) is 0 Å². The number of hydrogen-bond donors (Lipinski definition) is 1. The molecule has 0 aliphatic rings. The van der Waals surface area contributed by atoms with Crippen molar-refractivity contribution in [3.8, 4) is 0 Å². The predicted molar refractivity (Wildman–Crippen MR) is 65.1 cm³/mol. The van der Waals surface area contributed by atoms with Gasteiger partial charge in [0.1, 0.15) is 6.33 Å². The maximum absolute atomic E-state index is 10.9.